The molecule has 208 valence electrons. The second-order valence-electron chi connectivity index (χ2n) is 9.49. The second kappa shape index (κ2) is 10.5. The number of phenolic OH excluding ortho intramolecular Hbond substituents is 1. The van der Waals surface area contributed by atoms with Crippen LogP contribution in [0.2, 0.25) is 5.02 Å². The first-order valence-electron chi connectivity index (χ1n) is 12.7. The fourth-order valence-electron chi connectivity index (χ4n) is 5.07. The predicted molar refractivity (Wildman–Crippen MR) is 159 cm³/mol. The van der Waals surface area contributed by atoms with Crippen molar-refractivity contribution in [2.45, 2.75) is 6.54 Å². The van der Waals surface area contributed by atoms with Crippen molar-refractivity contribution in [2.24, 2.45) is 0 Å². The third-order valence-electron chi connectivity index (χ3n) is 7.05. The van der Waals surface area contributed by atoms with Gasteiger partial charge in [0.2, 0.25) is 5.43 Å². The summed E-state index contributed by atoms with van der Waals surface area (Å²) in [5, 5.41) is 25.6. The molecule has 0 radical (unpaired) electrons. The number of aromatic nitrogens is 1. The Hall–Kier alpha value is -5.41. The molecule has 1 aromatic heterocycles. The summed E-state index contributed by atoms with van der Waals surface area (Å²) in [5.41, 5.74) is 2.41. The van der Waals surface area contributed by atoms with Crippen molar-refractivity contribution in [3.63, 3.8) is 0 Å². The van der Waals surface area contributed by atoms with E-state index in [2.05, 4.69) is 10.3 Å². The number of carbonyl (C=O) groups is 2. The van der Waals surface area contributed by atoms with Gasteiger partial charge in [0.25, 0.3) is 0 Å². The number of fused-ring (bicyclic) bond motifs is 3. The van der Waals surface area contributed by atoms with E-state index in [0.29, 0.717) is 22.1 Å². The zero-order valence-corrected chi connectivity index (χ0v) is 22.7. The maximum absolute atomic E-state index is 12.5. The molecule has 0 saturated carbocycles. The Kier molecular flexibility index (Phi) is 6.72. The molecule has 42 heavy (non-hydrogen) atoms. The largest absolute Gasteiger partial charge is 0.507 e. The second-order valence-corrected chi connectivity index (χ2v) is 9.89. The molecule has 0 unspecified atom stereocenters. The van der Waals surface area contributed by atoms with E-state index in [9.17, 15) is 24.6 Å². The smallest absolute Gasteiger partial charge is 0.337 e. The number of para-hydroxylation sites is 1. The number of aromatic hydroxyl groups is 1. The summed E-state index contributed by atoms with van der Waals surface area (Å²) in [4.78, 5) is 41.8. The number of pyridine rings is 1. The van der Waals surface area contributed by atoms with Gasteiger partial charge < -0.3 is 24.7 Å². The van der Waals surface area contributed by atoms with Crippen molar-refractivity contribution < 1.29 is 29.0 Å². The molecule has 2 aliphatic rings. The summed E-state index contributed by atoms with van der Waals surface area (Å²) in [6.07, 6.45) is 1.69. The quantitative estimate of drug-likeness (QED) is 0.147. The Morgan fingerprint density at radius 1 is 1.02 bits per heavy atom. The lowest BCUT2D eigenvalue weighted by Gasteiger charge is -2.20. The topological polar surface area (TPSA) is 139 Å². The van der Waals surface area contributed by atoms with Crippen LogP contribution < -0.4 is 10.7 Å². The highest BCUT2D eigenvalue weighted by Crippen LogP contribution is 2.44. The third-order valence-corrected chi connectivity index (χ3v) is 7.34. The molecule has 4 aromatic rings. The number of nitrogens with one attached hydrogen (secondary N) is 1. The average molecular weight is 581 g/mol. The van der Waals surface area contributed by atoms with E-state index < -0.39 is 17.4 Å². The van der Waals surface area contributed by atoms with Crippen molar-refractivity contribution >= 4 is 51.1 Å². The number of esters is 1. The van der Waals surface area contributed by atoms with Gasteiger partial charge in [-0.05, 0) is 54.1 Å². The molecule has 0 bridgehead atoms. The first-order chi connectivity index (χ1) is 20.3. The number of carboxylic acids is 1. The lowest BCUT2D eigenvalue weighted by atomic mass is 9.89. The van der Waals surface area contributed by atoms with Gasteiger partial charge in [0.1, 0.15) is 17.1 Å². The van der Waals surface area contributed by atoms with E-state index >= 15 is 0 Å². The van der Waals surface area contributed by atoms with E-state index in [0.717, 1.165) is 16.6 Å². The van der Waals surface area contributed by atoms with Crippen LogP contribution in [0, 0.1) is 0 Å². The van der Waals surface area contributed by atoms with E-state index in [-0.39, 0.29) is 45.4 Å². The van der Waals surface area contributed by atoms with Crippen LogP contribution in [0.1, 0.15) is 26.3 Å². The number of rotatable bonds is 6. The molecule has 9 nitrogen and oxygen atoms in total. The van der Waals surface area contributed by atoms with Gasteiger partial charge >= 0.3 is 11.9 Å². The lowest BCUT2D eigenvalue weighted by Crippen LogP contribution is -2.08. The van der Waals surface area contributed by atoms with Crippen LogP contribution in [0.5, 0.6) is 5.75 Å². The number of halogens is 1. The summed E-state index contributed by atoms with van der Waals surface area (Å²) >= 11 is 6.23. The van der Waals surface area contributed by atoms with Crippen LogP contribution in [-0.2, 0) is 11.3 Å². The van der Waals surface area contributed by atoms with E-state index in [1.165, 1.54) is 43.5 Å². The van der Waals surface area contributed by atoms with Gasteiger partial charge in [0, 0.05) is 40.7 Å². The molecule has 3 N–H and O–H groups in total. The van der Waals surface area contributed by atoms with Crippen molar-refractivity contribution in [1.82, 2.24) is 4.98 Å². The molecule has 1 aliphatic carbocycles. The molecule has 0 saturated heterocycles. The number of benzene rings is 4. The van der Waals surface area contributed by atoms with E-state index in [4.69, 9.17) is 20.8 Å². The highest BCUT2D eigenvalue weighted by Gasteiger charge is 2.26. The summed E-state index contributed by atoms with van der Waals surface area (Å²) in [5.74, 6) is -1.87. The normalized spacial score (nSPS) is 11.2. The van der Waals surface area contributed by atoms with E-state index in [1.807, 2.05) is 30.3 Å². The van der Waals surface area contributed by atoms with E-state index in [1.54, 1.807) is 12.3 Å². The highest BCUT2D eigenvalue weighted by atomic mass is 35.5. The van der Waals surface area contributed by atoms with Crippen molar-refractivity contribution in [2.75, 3.05) is 12.4 Å². The number of methoxy groups -OCH3 is 1. The van der Waals surface area contributed by atoms with Gasteiger partial charge in [0.05, 0.1) is 40.0 Å². The SMILES string of the molecule is COC(=O)c1ccc(C(=O)O)c(-c2c3cc(Cl)c(=O)cc-3oc3c(CNc4cccc5cccnc45)c(O)ccc23)c1. The Balaban J connectivity index is 1.63. The number of nitrogens with zero attached hydrogens (tertiary/aromatic N) is 1. The minimum Gasteiger partial charge on any atom is -0.507 e. The monoisotopic (exact) mass is 580 g/mol. The standard InChI is InChI=1S/C32H21ClN2O7/c1-41-32(40)17-7-8-18(31(38)39)20(12-17)28-19-9-10-25(36)22(30(19)42-27-14-26(37)23(33)13-21(27)28)15-35-24-6-2-4-16-5-3-11-34-29(16)24/h2-14,35-36H,15H2,1H3,(H,38,39). The molecule has 0 amide bonds. The summed E-state index contributed by atoms with van der Waals surface area (Å²) in [6.45, 7) is 0.0963. The third kappa shape index (κ3) is 4.55. The molecule has 3 aromatic carbocycles. The molecule has 0 fully saturated rings. The van der Waals surface area contributed by atoms with Crippen LogP contribution in [0.15, 0.2) is 88.2 Å². The average Bonchev–Trinajstić information content (AvgIpc) is 2.99. The molecule has 2 heterocycles. The Bertz CT molecular complexity index is 2080. The van der Waals surface area contributed by atoms with Gasteiger partial charge in [-0.2, -0.15) is 0 Å². The number of ether oxygens (including phenoxy) is 1. The van der Waals surface area contributed by atoms with Gasteiger partial charge in [-0.15, -0.1) is 0 Å². The number of hydrogen-bond donors (Lipinski definition) is 3. The number of phenols is 1. The van der Waals surface area contributed by atoms with Gasteiger partial charge in [0.15, 0.2) is 0 Å². The van der Waals surface area contributed by atoms with Crippen molar-refractivity contribution in [1.29, 1.82) is 0 Å². The van der Waals surface area contributed by atoms with Crippen molar-refractivity contribution in [3.05, 3.63) is 111 Å². The zero-order valence-electron chi connectivity index (χ0n) is 22.0. The van der Waals surface area contributed by atoms with Crippen LogP contribution in [-0.4, -0.2) is 34.2 Å². The van der Waals surface area contributed by atoms with Crippen LogP contribution >= 0.6 is 11.6 Å². The number of aromatic carboxylic acids is 1. The lowest BCUT2D eigenvalue weighted by molar-refractivity contribution is 0.0598. The molecular weight excluding hydrogens is 560 g/mol. The van der Waals surface area contributed by atoms with Crippen LogP contribution in [0.25, 0.3) is 44.3 Å². The summed E-state index contributed by atoms with van der Waals surface area (Å²) < 4.78 is 11.1. The minimum atomic E-state index is -1.24. The van der Waals surface area contributed by atoms with Gasteiger partial charge in [-0.1, -0.05) is 29.8 Å². The Morgan fingerprint density at radius 3 is 2.62 bits per heavy atom. The number of anilines is 1. The summed E-state index contributed by atoms with van der Waals surface area (Å²) in [6, 6.07) is 19.2. The Labute approximate surface area is 242 Å². The first-order valence-corrected chi connectivity index (χ1v) is 13.1. The van der Waals surface area contributed by atoms with Gasteiger partial charge in [-0.25, -0.2) is 9.59 Å². The molecule has 0 spiro atoms. The zero-order chi connectivity index (χ0) is 29.5. The predicted octanol–water partition coefficient (Wildman–Crippen LogP) is 6.57. The fraction of sp³-hybridized carbons (Fsp3) is 0.0625. The maximum Gasteiger partial charge on any atom is 0.337 e. The van der Waals surface area contributed by atoms with Gasteiger partial charge in [-0.3, -0.25) is 9.78 Å². The molecular formula is C32H21ClN2O7. The van der Waals surface area contributed by atoms with Crippen LogP contribution in [0.4, 0.5) is 5.69 Å². The minimum absolute atomic E-state index is 0.0877. The first kappa shape index (κ1) is 26.8. The molecule has 0 atom stereocenters. The maximum atomic E-state index is 12.5. The molecule has 10 heteroatoms. The number of hydrogen-bond acceptors (Lipinski definition) is 8. The fourth-order valence-corrected chi connectivity index (χ4v) is 5.24. The molecule has 6 rings (SSSR count). The number of carbonyl (C=O) groups excluding carboxylic acids is 1. The number of carboxylic acid groups (broad SMARTS) is 1. The summed E-state index contributed by atoms with van der Waals surface area (Å²) in [7, 11) is 1.22. The molecule has 1 aliphatic heterocycles. The van der Waals surface area contributed by atoms with Crippen LogP contribution in [0.3, 0.4) is 0 Å². The highest BCUT2D eigenvalue weighted by molar-refractivity contribution is 6.31. The van der Waals surface area contributed by atoms with Crippen molar-refractivity contribution in [3.8, 4) is 28.2 Å². The Morgan fingerprint density at radius 2 is 1.83 bits per heavy atom.